The number of carbonyl (C=O) groups is 1. The van der Waals surface area contributed by atoms with Crippen molar-refractivity contribution in [3.63, 3.8) is 0 Å². The van der Waals surface area contributed by atoms with Crippen molar-refractivity contribution in [3.8, 4) is 0 Å². The van der Waals surface area contributed by atoms with Gasteiger partial charge in [0.2, 0.25) is 0 Å². The molecule has 142 valence electrons. The van der Waals surface area contributed by atoms with Crippen LogP contribution in [0, 0.1) is 6.92 Å². The van der Waals surface area contributed by atoms with Crippen molar-refractivity contribution >= 4 is 11.6 Å². The smallest absolute Gasteiger partial charge is 0.251 e. The summed E-state index contributed by atoms with van der Waals surface area (Å²) in [4.78, 5) is 13.0. The van der Waals surface area contributed by atoms with Crippen molar-refractivity contribution in [2.24, 2.45) is 0 Å². The number of hydrogen-bond acceptors (Lipinski definition) is 3. The van der Waals surface area contributed by atoms with Crippen LogP contribution < -0.4 is 16.0 Å². The van der Waals surface area contributed by atoms with Crippen LogP contribution in [-0.4, -0.2) is 31.1 Å². The Balaban J connectivity index is 1.48. The second kappa shape index (κ2) is 7.73. The summed E-state index contributed by atoms with van der Waals surface area (Å²) in [5.41, 5.74) is 5.64. The Morgan fingerprint density at radius 1 is 1.19 bits per heavy atom. The first-order valence-corrected chi connectivity index (χ1v) is 10.1. The highest BCUT2D eigenvalue weighted by Gasteiger charge is 2.26. The lowest BCUT2D eigenvalue weighted by Gasteiger charge is -2.31. The van der Waals surface area contributed by atoms with E-state index >= 15 is 0 Å². The number of fused-ring (bicyclic) bond motifs is 1. The van der Waals surface area contributed by atoms with Crippen LogP contribution in [-0.2, 0) is 6.42 Å². The zero-order valence-electron chi connectivity index (χ0n) is 16.2. The molecule has 2 unspecified atom stereocenters. The quantitative estimate of drug-likeness (QED) is 0.761. The molecule has 1 aliphatic heterocycles. The monoisotopic (exact) mass is 363 g/mol. The number of amides is 1. The van der Waals surface area contributed by atoms with Crippen molar-refractivity contribution in [2.45, 2.75) is 51.1 Å². The van der Waals surface area contributed by atoms with Crippen LogP contribution in [0.25, 0.3) is 0 Å². The summed E-state index contributed by atoms with van der Waals surface area (Å²) in [6.07, 6.45) is 3.47. The Labute approximate surface area is 161 Å². The molecule has 2 atom stereocenters. The molecule has 1 aliphatic carbocycles. The average Bonchev–Trinajstić information content (AvgIpc) is 2.65. The predicted octanol–water partition coefficient (Wildman–Crippen LogP) is 3.62. The highest BCUT2D eigenvalue weighted by atomic mass is 16.1. The Hall–Kier alpha value is -2.33. The van der Waals surface area contributed by atoms with Crippen LogP contribution in [0.1, 0.15) is 52.7 Å². The van der Waals surface area contributed by atoms with Gasteiger partial charge in [0.25, 0.3) is 5.91 Å². The maximum Gasteiger partial charge on any atom is 0.251 e. The molecule has 1 fully saturated rings. The number of hydrogen-bond donors (Lipinski definition) is 3. The van der Waals surface area contributed by atoms with Crippen LogP contribution >= 0.6 is 0 Å². The maximum atomic E-state index is 13.0. The third kappa shape index (κ3) is 3.86. The Kier molecular flexibility index (Phi) is 5.17. The van der Waals surface area contributed by atoms with Crippen molar-refractivity contribution in [3.05, 3.63) is 64.7 Å². The molecule has 2 aromatic carbocycles. The lowest BCUT2D eigenvalue weighted by atomic mass is 9.79. The van der Waals surface area contributed by atoms with Gasteiger partial charge in [-0.05, 0) is 61.9 Å². The van der Waals surface area contributed by atoms with Crippen LogP contribution in [0.4, 0.5) is 5.69 Å². The molecule has 0 aromatic heterocycles. The summed E-state index contributed by atoms with van der Waals surface area (Å²) in [5.74, 6) is 0.417. The Morgan fingerprint density at radius 3 is 2.78 bits per heavy atom. The minimum Gasteiger partial charge on any atom is -0.380 e. The van der Waals surface area contributed by atoms with Gasteiger partial charge in [0.05, 0.1) is 6.04 Å². The first-order chi connectivity index (χ1) is 13.1. The second-order valence-corrected chi connectivity index (χ2v) is 7.99. The first kappa shape index (κ1) is 18.1. The van der Waals surface area contributed by atoms with Gasteiger partial charge in [0, 0.05) is 36.3 Å². The lowest BCUT2D eigenvalue weighted by Crippen LogP contribution is -2.51. The normalized spacial score (nSPS) is 20.3. The van der Waals surface area contributed by atoms with Crippen molar-refractivity contribution < 1.29 is 4.79 Å². The predicted molar refractivity (Wildman–Crippen MR) is 111 cm³/mol. The van der Waals surface area contributed by atoms with E-state index in [1.807, 2.05) is 19.1 Å². The van der Waals surface area contributed by atoms with E-state index in [0.29, 0.717) is 12.0 Å². The van der Waals surface area contributed by atoms with Gasteiger partial charge in [-0.2, -0.15) is 0 Å². The van der Waals surface area contributed by atoms with E-state index in [-0.39, 0.29) is 11.9 Å². The molecule has 2 aliphatic rings. The molecule has 1 amide bonds. The Morgan fingerprint density at radius 2 is 2.00 bits per heavy atom. The first-order valence-electron chi connectivity index (χ1n) is 10.1. The minimum atomic E-state index is 0.0263. The molecule has 27 heavy (non-hydrogen) atoms. The molecule has 0 radical (unpaired) electrons. The fraction of sp³-hybridized carbons (Fsp3) is 0.435. The molecular formula is C23H29N3O. The van der Waals surface area contributed by atoms with Crippen LogP contribution in [0.5, 0.6) is 0 Å². The number of nitrogens with one attached hydrogen (secondary N) is 3. The minimum absolute atomic E-state index is 0.0263. The van der Waals surface area contributed by atoms with E-state index in [1.54, 1.807) is 0 Å². The van der Waals surface area contributed by atoms with Gasteiger partial charge < -0.3 is 16.0 Å². The fourth-order valence-electron chi connectivity index (χ4n) is 4.28. The summed E-state index contributed by atoms with van der Waals surface area (Å²) in [5, 5.41) is 10.0. The summed E-state index contributed by atoms with van der Waals surface area (Å²) < 4.78 is 0. The highest BCUT2D eigenvalue weighted by Crippen LogP contribution is 2.34. The van der Waals surface area contributed by atoms with E-state index in [4.69, 9.17) is 0 Å². The molecule has 4 heteroatoms. The van der Waals surface area contributed by atoms with Gasteiger partial charge >= 0.3 is 0 Å². The van der Waals surface area contributed by atoms with Gasteiger partial charge in [-0.15, -0.1) is 0 Å². The maximum absolute atomic E-state index is 13.0. The van der Waals surface area contributed by atoms with Gasteiger partial charge in [0.15, 0.2) is 0 Å². The standard InChI is InChI=1S/C23H29N3O/c1-15-10-11-18(26-19-13-24-14-19)12-22(15)23(27)25-16(2)20-9-5-7-17-6-3-4-8-21(17)20/h3-4,6,8,10-12,16,19-20,24,26H,5,7,9,13-14H2,1-2H3,(H,25,27). The number of anilines is 1. The molecule has 0 spiro atoms. The van der Waals surface area contributed by atoms with Gasteiger partial charge in [-0.25, -0.2) is 0 Å². The van der Waals surface area contributed by atoms with Crippen molar-refractivity contribution in [1.82, 2.24) is 10.6 Å². The van der Waals surface area contributed by atoms with Crippen molar-refractivity contribution in [2.75, 3.05) is 18.4 Å². The molecule has 0 bridgehead atoms. The third-order valence-corrected chi connectivity index (χ3v) is 6.01. The van der Waals surface area contributed by atoms with Crippen LogP contribution in [0.3, 0.4) is 0 Å². The second-order valence-electron chi connectivity index (χ2n) is 7.99. The number of rotatable bonds is 5. The molecule has 4 nitrogen and oxygen atoms in total. The SMILES string of the molecule is Cc1ccc(NC2CNC2)cc1C(=O)NC(C)C1CCCc2ccccc21. The molecule has 0 saturated carbocycles. The highest BCUT2D eigenvalue weighted by molar-refractivity contribution is 5.96. The summed E-state index contributed by atoms with van der Waals surface area (Å²) >= 11 is 0. The van der Waals surface area contributed by atoms with E-state index in [1.165, 1.54) is 17.5 Å². The van der Waals surface area contributed by atoms with Gasteiger partial charge in [-0.3, -0.25) is 4.79 Å². The zero-order valence-corrected chi connectivity index (χ0v) is 16.2. The fourth-order valence-corrected chi connectivity index (χ4v) is 4.28. The lowest BCUT2D eigenvalue weighted by molar-refractivity contribution is 0.0932. The van der Waals surface area contributed by atoms with Gasteiger partial charge in [0.1, 0.15) is 0 Å². The number of aryl methyl sites for hydroxylation is 2. The van der Waals surface area contributed by atoms with E-state index in [2.05, 4.69) is 53.2 Å². The largest absolute Gasteiger partial charge is 0.380 e. The van der Waals surface area contributed by atoms with Crippen LogP contribution in [0.15, 0.2) is 42.5 Å². The third-order valence-electron chi connectivity index (χ3n) is 6.01. The molecule has 1 saturated heterocycles. The average molecular weight is 364 g/mol. The Bertz CT molecular complexity index is 828. The summed E-state index contributed by atoms with van der Waals surface area (Å²) in [6.45, 7) is 6.10. The topological polar surface area (TPSA) is 53.2 Å². The van der Waals surface area contributed by atoms with Gasteiger partial charge in [-0.1, -0.05) is 30.3 Å². The van der Waals surface area contributed by atoms with E-state index < -0.39 is 0 Å². The molecular weight excluding hydrogens is 334 g/mol. The summed E-state index contributed by atoms with van der Waals surface area (Å²) in [6, 6.07) is 15.3. The van der Waals surface area contributed by atoms with Crippen LogP contribution in [0.2, 0.25) is 0 Å². The molecule has 2 aromatic rings. The molecule has 3 N–H and O–H groups in total. The molecule has 4 rings (SSSR count). The molecule has 1 heterocycles. The zero-order chi connectivity index (χ0) is 18.8. The van der Waals surface area contributed by atoms with E-state index in [0.717, 1.165) is 42.7 Å². The number of benzene rings is 2. The van der Waals surface area contributed by atoms with Crippen molar-refractivity contribution in [1.29, 1.82) is 0 Å². The number of carbonyl (C=O) groups excluding carboxylic acids is 1. The van der Waals surface area contributed by atoms with E-state index in [9.17, 15) is 4.79 Å². The summed E-state index contributed by atoms with van der Waals surface area (Å²) in [7, 11) is 0.